The van der Waals surface area contributed by atoms with Crippen molar-refractivity contribution in [3.63, 3.8) is 0 Å². The molecule has 6 heteroatoms. The molecule has 98 valence electrons. The molecule has 1 aliphatic rings. The second-order valence-electron chi connectivity index (χ2n) is 4.55. The number of amides is 1. The molecule has 2 rings (SSSR count). The van der Waals surface area contributed by atoms with E-state index < -0.39 is 0 Å². The third-order valence-electron chi connectivity index (χ3n) is 3.19. The normalized spacial score (nSPS) is 23.4. The van der Waals surface area contributed by atoms with E-state index in [1.807, 2.05) is 0 Å². The third kappa shape index (κ3) is 3.18. The standard InChI is InChI=1S/C12H18N4O2/c13-16-9-5-6-14-11(7-9)12(18)15-8-1-3-10(17)4-2-8/h5-8,10,17H,1-4,13H2,(H,14,16)(H,15,18). The van der Waals surface area contributed by atoms with E-state index in [0.29, 0.717) is 11.4 Å². The topological polar surface area (TPSA) is 100 Å². The van der Waals surface area contributed by atoms with Gasteiger partial charge in [0.25, 0.3) is 5.91 Å². The number of rotatable bonds is 3. The molecule has 0 unspecified atom stereocenters. The molecule has 1 aromatic rings. The number of hydrogen-bond donors (Lipinski definition) is 4. The van der Waals surface area contributed by atoms with Crippen LogP contribution in [0.2, 0.25) is 0 Å². The fourth-order valence-corrected chi connectivity index (χ4v) is 2.12. The Morgan fingerprint density at radius 2 is 2.11 bits per heavy atom. The number of hydrazine groups is 1. The Labute approximate surface area is 106 Å². The van der Waals surface area contributed by atoms with Gasteiger partial charge < -0.3 is 15.8 Å². The van der Waals surface area contributed by atoms with Crippen molar-refractivity contribution in [3.8, 4) is 0 Å². The fraction of sp³-hybridized carbons (Fsp3) is 0.500. The van der Waals surface area contributed by atoms with E-state index in [4.69, 9.17) is 5.84 Å². The van der Waals surface area contributed by atoms with E-state index in [9.17, 15) is 9.90 Å². The van der Waals surface area contributed by atoms with Gasteiger partial charge in [-0.1, -0.05) is 0 Å². The van der Waals surface area contributed by atoms with Crippen LogP contribution < -0.4 is 16.6 Å². The van der Waals surface area contributed by atoms with Crippen molar-refractivity contribution in [1.82, 2.24) is 10.3 Å². The Morgan fingerprint density at radius 3 is 2.78 bits per heavy atom. The number of hydrogen-bond acceptors (Lipinski definition) is 5. The first kappa shape index (κ1) is 12.8. The number of carbonyl (C=O) groups is 1. The van der Waals surface area contributed by atoms with E-state index in [2.05, 4.69) is 15.7 Å². The Bertz CT molecular complexity index is 416. The highest BCUT2D eigenvalue weighted by molar-refractivity contribution is 5.93. The summed E-state index contributed by atoms with van der Waals surface area (Å²) in [6.07, 6.45) is 4.41. The van der Waals surface area contributed by atoms with Crippen LogP contribution in [0.25, 0.3) is 0 Å². The molecule has 0 spiro atoms. The number of anilines is 1. The molecule has 0 atom stereocenters. The van der Waals surface area contributed by atoms with Gasteiger partial charge in [-0.05, 0) is 37.8 Å². The zero-order chi connectivity index (χ0) is 13.0. The van der Waals surface area contributed by atoms with Crippen molar-refractivity contribution in [2.24, 2.45) is 5.84 Å². The van der Waals surface area contributed by atoms with Crippen LogP contribution in [-0.2, 0) is 0 Å². The number of aromatic nitrogens is 1. The summed E-state index contributed by atoms with van der Waals surface area (Å²) in [5.74, 6) is 5.08. The third-order valence-corrected chi connectivity index (χ3v) is 3.19. The van der Waals surface area contributed by atoms with Crippen LogP contribution >= 0.6 is 0 Å². The summed E-state index contributed by atoms with van der Waals surface area (Å²) < 4.78 is 0. The molecule has 1 amide bonds. The monoisotopic (exact) mass is 250 g/mol. The zero-order valence-corrected chi connectivity index (χ0v) is 10.1. The number of pyridine rings is 1. The highest BCUT2D eigenvalue weighted by atomic mass is 16.3. The summed E-state index contributed by atoms with van der Waals surface area (Å²) in [6, 6.07) is 3.41. The Kier molecular flexibility index (Phi) is 4.11. The quantitative estimate of drug-likeness (QED) is 0.459. The van der Waals surface area contributed by atoms with Crippen molar-refractivity contribution < 1.29 is 9.90 Å². The molecule has 0 aliphatic heterocycles. The van der Waals surface area contributed by atoms with Gasteiger partial charge in [-0.25, -0.2) is 0 Å². The molecule has 1 heterocycles. The summed E-state index contributed by atoms with van der Waals surface area (Å²) in [5, 5.41) is 12.3. The van der Waals surface area contributed by atoms with Gasteiger partial charge in [0.05, 0.1) is 11.8 Å². The van der Waals surface area contributed by atoms with E-state index in [-0.39, 0.29) is 18.1 Å². The number of aliphatic hydroxyl groups is 1. The number of nitrogens with one attached hydrogen (secondary N) is 2. The van der Waals surface area contributed by atoms with Crippen LogP contribution in [0.5, 0.6) is 0 Å². The lowest BCUT2D eigenvalue weighted by Gasteiger charge is -2.26. The van der Waals surface area contributed by atoms with Gasteiger partial charge in [0.1, 0.15) is 5.69 Å². The van der Waals surface area contributed by atoms with Gasteiger partial charge in [-0.15, -0.1) is 0 Å². The first-order valence-electron chi connectivity index (χ1n) is 6.10. The SMILES string of the molecule is NNc1ccnc(C(=O)NC2CCC(O)CC2)c1. The van der Waals surface area contributed by atoms with E-state index in [1.54, 1.807) is 12.1 Å². The molecule has 0 aromatic carbocycles. The Morgan fingerprint density at radius 1 is 1.39 bits per heavy atom. The van der Waals surface area contributed by atoms with Crippen molar-refractivity contribution in [3.05, 3.63) is 24.0 Å². The largest absolute Gasteiger partial charge is 0.393 e. The summed E-state index contributed by atoms with van der Waals surface area (Å²) in [4.78, 5) is 16.0. The number of carbonyl (C=O) groups excluding carboxylic acids is 1. The molecule has 5 N–H and O–H groups in total. The van der Waals surface area contributed by atoms with Crippen LogP contribution in [0.1, 0.15) is 36.2 Å². The van der Waals surface area contributed by atoms with Crippen molar-refractivity contribution >= 4 is 11.6 Å². The molecule has 0 saturated heterocycles. The maximum Gasteiger partial charge on any atom is 0.270 e. The number of nitrogens with two attached hydrogens (primary N) is 1. The summed E-state index contributed by atoms with van der Waals surface area (Å²) in [6.45, 7) is 0. The second-order valence-corrected chi connectivity index (χ2v) is 4.55. The minimum Gasteiger partial charge on any atom is -0.393 e. The van der Waals surface area contributed by atoms with E-state index in [1.165, 1.54) is 6.20 Å². The maximum atomic E-state index is 12.0. The lowest BCUT2D eigenvalue weighted by atomic mass is 9.93. The Balaban J connectivity index is 1.94. The summed E-state index contributed by atoms with van der Waals surface area (Å²) in [7, 11) is 0. The number of nitrogens with zero attached hydrogens (tertiary/aromatic N) is 1. The average molecular weight is 250 g/mol. The van der Waals surface area contributed by atoms with Gasteiger partial charge in [0.15, 0.2) is 0 Å². The number of aliphatic hydroxyl groups excluding tert-OH is 1. The van der Waals surface area contributed by atoms with Crippen molar-refractivity contribution in [1.29, 1.82) is 0 Å². The van der Waals surface area contributed by atoms with Crippen LogP contribution in [0.15, 0.2) is 18.3 Å². The molecule has 1 saturated carbocycles. The smallest absolute Gasteiger partial charge is 0.270 e. The Hall–Kier alpha value is -1.66. The first-order chi connectivity index (χ1) is 8.69. The van der Waals surface area contributed by atoms with Crippen LogP contribution in [0.4, 0.5) is 5.69 Å². The summed E-state index contributed by atoms with van der Waals surface area (Å²) >= 11 is 0. The molecule has 0 radical (unpaired) electrons. The predicted octanol–water partition coefficient (Wildman–Crippen LogP) is 0.400. The molecular formula is C12H18N4O2. The van der Waals surface area contributed by atoms with Gasteiger partial charge in [0, 0.05) is 12.2 Å². The highest BCUT2D eigenvalue weighted by Gasteiger charge is 2.21. The van der Waals surface area contributed by atoms with Crippen molar-refractivity contribution in [2.75, 3.05) is 5.43 Å². The van der Waals surface area contributed by atoms with Crippen LogP contribution in [0, 0.1) is 0 Å². The fourth-order valence-electron chi connectivity index (χ4n) is 2.12. The van der Waals surface area contributed by atoms with Crippen molar-refractivity contribution in [2.45, 2.75) is 37.8 Å². The van der Waals surface area contributed by atoms with Gasteiger partial charge in [-0.2, -0.15) is 0 Å². The lowest BCUT2D eigenvalue weighted by molar-refractivity contribution is 0.0863. The minimum absolute atomic E-state index is 0.122. The van der Waals surface area contributed by atoms with E-state index in [0.717, 1.165) is 25.7 Å². The van der Waals surface area contributed by atoms with Crippen LogP contribution in [-0.4, -0.2) is 28.1 Å². The van der Waals surface area contributed by atoms with Gasteiger partial charge in [0.2, 0.25) is 0 Å². The van der Waals surface area contributed by atoms with E-state index >= 15 is 0 Å². The van der Waals surface area contributed by atoms with Gasteiger partial charge >= 0.3 is 0 Å². The highest BCUT2D eigenvalue weighted by Crippen LogP contribution is 2.18. The molecule has 6 nitrogen and oxygen atoms in total. The predicted molar refractivity (Wildman–Crippen MR) is 67.8 cm³/mol. The molecule has 1 aliphatic carbocycles. The molecule has 0 bridgehead atoms. The minimum atomic E-state index is -0.221. The number of nitrogen functional groups attached to an aromatic ring is 1. The zero-order valence-electron chi connectivity index (χ0n) is 10.1. The second kappa shape index (κ2) is 5.79. The molecule has 18 heavy (non-hydrogen) atoms. The molecule has 1 fully saturated rings. The molecule has 1 aromatic heterocycles. The average Bonchev–Trinajstić information content (AvgIpc) is 2.41. The lowest BCUT2D eigenvalue weighted by Crippen LogP contribution is -2.38. The maximum absolute atomic E-state index is 12.0. The summed E-state index contributed by atoms with van der Waals surface area (Å²) in [5.41, 5.74) is 3.47. The van der Waals surface area contributed by atoms with Gasteiger partial charge in [-0.3, -0.25) is 15.6 Å². The van der Waals surface area contributed by atoms with Crippen LogP contribution in [0.3, 0.4) is 0 Å². The molecular weight excluding hydrogens is 232 g/mol. The first-order valence-corrected chi connectivity index (χ1v) is 6.10.